The Kier molecular flexibility index (Phi) is 3.35. The molecular weight excluding hydrogens is 279 g/mol. The van der Waals surface area contributed by atoms with Crippen molar-refractivity contribution in [2.75, 3.05) is 11.9 Å². The normalized spacial score (nSPS) is 35.4. The minimum atomic E-state index is -0.292. The van der Waals surface area contributed by atoms with Gasteiger partial charge in [0.05, 0.1) is 0 Å². The number of anilines is 1. The fourth-order valence-electron chi connectivity index (χ4n) is 5.48. The first-order chi connectivity index (χ1) is 10.6. The zero-order chi connectivity index (χ0) is 15.2. The van der Waals surface area contributed by atoms with E-state index in [2.05, 4.69) is 10.6 Å². The highest BCUT2D eigenvalue weighted by Crippen LogP contribution is 2.59. The predicted molar refractivity (Wildman–Crippen MR) is 84.0 cm³/mol. The van der Waals surface area contributed by atoms with E-state index in [1.165, 1.54) is 50.7 Å². The van der Waals surface area contributed by atoms with Crippen LogP contribution in [0.25, 0.3) is 0 Å². The second-order valence-electron chi connectivity index (χ2n) is 7.73. The van der Waals surface area contributed by atoms with Gasteiger partial charge in [-0.1, -0.05) is 0 Å². The summed E-state index contributed by atoms with van der Waals surface area (Å²) in [7, 11) is 0. The van der Waals surface area contributed by atoms with Gasteiger partial charge in [0.15, 0.2) is 0 Å². The van der Waals surface area contributed by atoms with Crippen molar-refractivity contribution in [1.29, 1.82) is 0 Å². The SMILES string of the molecule is O=C(NCC12CC3CC(CC(C3)C1)C2)Nc1ccc(F)cc1. The highest BCUT2D eigenvalue weighted by molar-refractivity contribution is 5.89. The summed E-state index contributed by atoms with van der Waals surface area (Å²) in [4.78, 5) is 12.1. The highest BCUT2D eigenvalue weighted by atomic mass is 19.1. The zero-order valence-electron chi connectivity index (χ0n) is 12.8. The molecule has 4 saturated carbocycles. The minimum Gasteiger partial charge on any atom is -0.337 e. The topological polar surface area (TPSA) is 41.1 Å². The van der Waals surface area contributed by atoms with Gasteiger partial charge in [-0.2, -0.15) is 0 Å². The van der Waals surface area contributed by atoms with Crippen molar-refractivity contribution in [1.82, 2.24) is 5.32 Å². The molecule has 0 heterocycles. The summed E-state index contributed by atoms with van der Waals surface area (Å²) < 4.78 is 12.9. The third kappa shape index (κ3) is 2.71. The molecule has 4 aliphatic rings. The van der Waals surface area contributed by atoms with Crippen molar-refractivity contribution < 1.29 is 9.18 Å². The molecule has 1 aromatic carbocycles. The maximum Gasteiger partial charge on any atom is 0.319 e. The number of urea groups is 1. The Balaban J connectivity index is 1.34. The van der Waals surface area contributed by atoms with Crippen LogP contribution in [0.1, 0.15) is 38.5 Å². The summed E-state index contributed by atoms with van der Waals surface area (Å²) in [5.74, 6) is 2.40. The Labute approximate surface area is 130 Å². The monoisotopic (exact) mass is 302 g/mol. The molecule has 4 fully saturated rings. The lowest BCUT2D eigenvalue weighted by Gasteiger charge is -2.56. The van der Waals surface area contributed by atoms with Crippen LogP contribution in [0, 0.1) is 29.0 Å². The molecule has 5 rings (SSSR count). The molecule has 0 radical (unpaired) electrons. The van der Waals surface area contributed by atoms with E-state index in [4.69, 9.17) is 0 Å². The average molecular weight is 302 g/mol. The molecular formula is C18H23FN2O. The van der Waals surface area contributed by atoms with Crippen LogP contribution in [-0.4, -0.2) is 12.6 Å². The van der Waals surface area contributed by atoms with Crippen LogP contribution < -0.4 is 10.6 Å². The van der Waals surface area contributed by atoms with Crippen LogP contribution in [0.4, 0.5) is 14.9 Å². The second kappa shape index (κ2) is 5.25. The van der Waals surface area contributed by atoms with Gasteiger partial charge in [-0.15, -0.1) is 0 Å². The van der Waals surface area contributed by atoms with Crippen LogP contribution in [0.3, 0.4) is 0 Å². The molecule has 0 saturated heterocycles. The molecule has 4 heteroatoms. The smallest absolute Gasteiger partial charge is 0.319 e. The maximum absolute atomic E-state index is 12.9. The number of nitrogens with one attached hydrogen (secondary N) is 2. The third-order valence-electron chi connectivity index (χ3n) is 5.89. The van der Waals surface area contributed by atoms with E-state index >= 15 is 0 Å². The van der Waals surface area contributed by atoms with Crippen molar-refractivity contribution in [3.8, 4) is 0 Å². The molecule has 2 N–H and O–H groups in total. The highest BCUT2D eigenvalue weighted by Gasteiger charge is 2.50. The van der Waals surface area contributed by atoms with Crippen molar-refractivity contribution in [2.45, 2.75) is 38.5 Å². The number of hydrogen-bond acceptors (Lipinski definition) is 1. The van der Waals surface area contributed by atoms with E-state index in [0.717, 1.165) is 24.3 Å². The Morgan fingerprint density at radius 1 is 1.05 bits per heavy atom. The molecule has 2 amide bonds. The van der Waals surface area contributed by atoms with Gasteiger partial charge in [-0.25, -0.2) is 9.18 Å². The third-order valence-corrected chi connectivity index (χ3v) is 5.89. The van der Waals surface area contributed by atoms with E-state index in [9.17, 15) is 9.18 Å². The summed E-state index contributed by atoms with van der Waals surface area (Å²) in [6.45, 7) is 0.781. The van der Waals surface area contributed by atoms with Crippen LogP contribution >= 0.6 is 0 Å². The van der Waals surface area contributed by atoms with Crippen LogP contribution in [-0.2, 0) is 0 Å². The van der Waals surface area contributed by atoms with Gasteiger partial charge < -0.3 is 10.6 Å². The number of carbonyl (C=O) groups excluding carboxylic acids is 1. The molecule has 22 heavy (non-hydrogen) atoms. The lowest BCUT2D eigenvalue weighted by atomic mass is 9.49. The number of carbonyl (C=O) groups is 1. The van der Waals surface area contributed by atoms with Crippen LogP contribution in [0.5, 0.6) is 0 Å². The minimum absolute atomic E-state index is 0.178. The van der Waals surface area contributed by atoms with Gasteiger partial charge in [-0.3, -0.25) is 0 Å². The molecule has 4 bridgehead atoms. The van der Waals surface area contributed by atoms with E-state index in [-0.39, 0.29) is 11.8 Å². The fourth-order valence-corrected chi connectivity index (χ4v) is 5.48. The predicted octanol–water partition coefficient (Wildman–Crippen LogP) is 4.16. The largest absolute Gasteiger partial charge is 0.337 e. The summed E-state index contributed by atoms with van der Waals surface area (Å²) in [5.41, 5.74) is 0.971. The van der Waals surface area contributed by atoms with Crippen LogP contribution in [0.15, 0.2) is 24.3 Å². The fraction of sp³-hybridized carbons (Fsp3) is 0.611. The Bertz CT molecular complexity index is 534. The molecule has 0 unspecified atom stereocenters. The Morgan fingerprint density at radius 2 is 1.59 bits per heavy atom. The van der Waals surface area contributed by atoms with Gasteiger partial charge in [0.25, 0.3) is 0 Å². The average Bonchev–Trinajstić information content (AvgIpc) is 2.46. The lowest BCUT2D eigenvalue weighted by Crippen LogP contribution is -2.51. The molecule has 0 atom stereocenters. The van der Waals surface area contributed by atoms with E-state index in [1.807, 2.05) is 0 Å². The van der Waals surface area contributed by atoms with E-state index in [1.54, 1.807) is 12.1 Å². The van der Waals surface area contributed by atoms with Gasteiger partial charge in [-0.05, 0) is 86.0 Å². The van der Waals surface area contributed by atoms with Gasteiger partial charge in [0.1, 0.15) is 5.82 Å². The molecule has 118 valence electrons. The molecule has 0 spiro atoms. The molecule has 0 aliphatic heterocycles. The number of halogens is 1. The Morgan fingerprint density at radius 3 is 2.14 bits per heavy atom. The summed E-state index contributed by atoms with van der Waals surface area (Å²) >= 11 is 0. The zero-order valence-corrected chi connectivity index (χ0v) is 12.8. The molecule has 3 nitrogen and oxygen atoms in total. The van der Waals surface area contributed by atoms with E-state index in [0.29, 0.717) is 11.1 Å². The first-order valence-electron chi connectivity index (χ1n) is 8.41. The summed E-state index contributed by atoms with van der Waals surface area (Å²) in [5, 5.41) is 5.84. The first kappa shape index (κ1) is 14.0. The van der Waals surface area contributed by atoms with E-state index < -0.39 is 0 Å². The number of benzene rings is 1. The van der Waals surface area contributed by atoms with Crippen molar-refractivity contribution >= 4 is 11.7 Å². The van der Waals surface area contributed by atoms with Crippen molar-refractivity contribution in [2.24, 2.45) is 23.2 Å². The molecule has 4 aliphatic carbocycles. The molecule has 0 aromatic heterocycles. The standard InChI is InChI=1S/C18H23FN2O/c19-15-1-3-16(4-2-15)21-17(22)20-11-18-8-12-5-13(9-18)7-14(6-12)10-18/h1-4,12-14H,5-11H2,(H2,20,21,22). The number of amides is 2. The maximum atomic E-state index is 12.9. The first-order valence-corrected chi connectivity index (χ1v) is 8.41. The van der Waals surface area contributed by atoms with Gasteiger partial charge in [0.2, 0.25) is 0 Å². The lowest BCUT2D eigenvalue weighted by molar-refractivity contribution is -0.0496. The summed E-state index contributed by atoms with van der Waals surface area (Å²) in [6.07, 6.45) is 8.12. The number of hydrogen-bond donors (Lipinski definition) is 2. The summed E-state index contributed by atoms with van der Waals surface area (Å²) in [6, 6.07) is 5.70. The Hall–Kier alpha value is -1.58. The number of rotatable bonds is 3. The quantitative estimate of drug-likeness (QED) is 0.864. The van der Waals surface area contributed by atoms with Gasteiger partial charge >= 0.3 is 6.03 Å². The van der Waals surface area contributed by atoms with Gasteiger partial charge in [0, 0.05) is 12.2 Å². The second-order valence-corrected chi connectivity index (χ2v) is 7.73. The molecule has 1 aromatic rings. The van der Waals surface area contributed by atoms with Crippen LogP contribution in [0.2, 0.25) is 0 Å². The van der Waals surface area contributed by atoms with Crippen molar-refractivity contribution in [3.63, 3.8) is 0 Å². The van der Waals surface area contributed by atoms with Crippen molar-refractivity contribution in [3.05, 3.63) is 30.1 Å².